The lowest BCUT2D eigenvalue weighted by molar-refractivity contribution is -0.141. The first-order chi connectivity index (χ1) is 24.8. The molecule has 52 heavy (non-hydrogen) atoms. The highest BCUT2D eigenvalue weighted by Gasteiger charge is 2.43. The van der Waals surface area contributed by atoms with Crippen molar-refractivity contribution in [3.05, 3.63) is 35.9 Å². The molecule has 1 aromatic rings. The zero-order valence-corrected chi connectivity index (χ0v) is 30.6. The average Bonchev–Trinajstić information content (AvgIpc) is 3.40. The van der Waals surface area contributed by atoms with Crippen molar-refractivity contribution in [1.29, 1.82) is 0 Å². The van der Waals surface area contributed by atoms with E-state index in [0.717, 1.165) is 24.8 Å². The number of carbonyl (C=O) groups excluding carboxylic acids is 8. The number of nitrogens with zero attached hydrogens (tertiary/aromatic N) is 1. The Morgan fingerprint density at radius 3 is 2.13 bits per heavy atom. The van der Waals surface area contributed by atoms with Crippen LogP contribution in [-0.2, 0) is 49.5 Å². The number of nitrogens with one attached hydrogen (secondary N) is 5. The second kappa shape index (κ2) is 21.0. The van der Waals surface area contributed by atoms with Gasteiger partial charge >= 0.3 is 0 Å². The first-order valence-corrected chi connectivity index (χ1v) is 18.2. The smallest absolute Gasteiger partial charge is 0.243 e. The van der Waals surface area contributed by atoms with Crippen LogP contribution in [0, 0.1) is 17.3 Å². The lowest BCUT2D eigenvalue weighted by Crippen LogP contribution is -2.52. The Labute approximate surface area is 305 Å². The molecule has 2 aliphatic rings. The van der Waals surface area contributed by atoms with Gasteiger partial charge in [-0.15, -0.1) is 0 Å². The Kier molecular flexibility index (Phi) is 16.9. The predicted octanol–water partition coefficient (Wildman–Crippen LogP) is 0.894. The molecule has 286 valence electrons. The molecule has 0 spiro atoms. The summed E-state index contributed by atoms with van der Waals surface area (Å²) in [5, 5.41) is 12.6. The summed E-state index contributed by atoms with van der Waals surface area (Å²) < 4.78 is 5.55. The van der Waals surface area contributed by atoms with Crippen molar-refractivity contribution in [3.63, 3.8) is 0 Å². The van der Waals surface area contributed by atoms with Crippen LogP contribution in [0.1, 0.15) is 84.1 Å². The maximum absolute atomic E-state index is 13.0. The van der Waals surface area contributed by atoms with E-state index in [1.165, 1.54) is 4.90 Å². The van der Waals surface area contributed by atoms with E-state index in [9.17, 15) is 38.4 Å². The Bertz CT molecular complexity index is 1430. The van der Waals surface area contributed by atoms with Crippen LogP contribution in [0.2, 0.25) is 0 Å². The van der Waals surface area contributed by atoms with Gasteiger partial charge in [-0.25, -0.2) is 0 Å². The fourth-order valence-electron chi connectivity index (χ4n) is 6.22. The first kappa shape index (κ1) is 41.8. The second-order valence-corrected chi connectivity index (χ2v) is 13.8. The number of imide groups is 1. The van der Waals surface area contributed by atoms with E-state index < -0.39 is 41.6 Å². The number of benzene rings is 1. The molecule has 3 rings (SSSR count). The molecule has 1 aliphatic carbocycles. The topological polar surface area (TPSA) is 209 Å². The van der Waals surface area contributed by atoms with Crippen LogP contribution in [0.25, 0.3) is 0 Å². The number of carbonyl (C=O) groups is 8. The van der Waals surface area contributed by atoms with Crippen LogP contribution in [0.3, 0.4) is 0 Å². The molecule has 5 N–H and O–H groups in total. The molecule has 1 saturated heterocycles. The summed E-state index contributed by atoms with van der Waals surface area (Å²) in [6.07, 6.45) is 5.21. The number of hydrogen-bond donors (Lipinski definition) is 5. The molecule has 1 heterocycles. The van der Waals surface area contributed by atoms with Gasteiger partial charge in [0.05, 0.1) is 31.7 Å². The van der Waals surface area contributed by atoms with Crippen molar-refractivity contribution < 1.29 is 43.1 Å². The van der Waals surface area contributed by atoms with Crippen LogP contribution in [0.5, 0.6) is 0 Å². The van der Waals surface area contributed by atoms with E-state index in [0.29, 0.717) is 32.2 Å². The van der Waals surface area contributed by atoms with Gasteiger partial charge in [0.25, 0.3) is 0 Å². The lowest BCUT2D eigenvalue weighted by atomic mass is 9.66. The van der Waals surface area contributed by atoms with Gasteiger partial charge in [0.15, 0.2) is 0 Å². The fraction of sp³-hybridized carbons (Fsp3) is 0.622. The Morgan fingerprint density at radius 1 is 0.846 bits per heavy atom. The zero-order valence-electron chi connectivity index (χ0n) is 30.6. The highest BCUT2D eigenvalue weighted by atomic mass is 16.5. The highest BCUT2D eigenvalue weighted by Crippen LogP contribution is 2.42. The van der Waals surface area contributed by atoms with E-state index >= 15 is 0 Å². The van der Waals surface area contributed by atoms with Gasteiger partial charge in [-0.1, -0.05) is 63.9 Å². The van der Waals surface area contributed by atoms with Crippen LogP contribution < -0.4 is 26.6 Å². The third-order valence-electron chi connectivity index (χ3n) is 9.59. The Hall–Kier alpha value is -4.66. The van der Waals surface area contributed by atoms with Crippen molar-refractivity contribution in [1.82, 2.24) is 31.5 Å². The lowest BCUT2D eigenvalue weighted by Gasteiger charge is -2.39. The molecule has 2 atom stereocenters. The summed E-state index contributed by atoms with van der Waals surface area (Å²) in [6, 6.07) is 7.92. The van der Waals surface area contributed by atoms with Gasteiger partial charge in [-0.2, -0.15) is 0 Å². The molecular weight excluding hydrogens is 672 g/mol. The summed E-state index contributed by atoms with van der Waals surface area (Å²) in [6.45, 7) is 4.96. The molecule has 1 aliphatic heterocycles. The Morgan fingerprint density at radius 2 is 1.50 bits per heavy atom. The summed E-state index contributed by atoms with van der Waals surface area (Å²) in [5.41, 5.74) is 0.294. The first-order valence-electron chi connectivity index (χ1n) is 18.2. The predicted molar refractivity (Wildman–Crippen MR) is 190 cm³/mol. The largest absolute Gasteiger partial charge is 0.360 e. The van der Waals surface area contributed by atoms with Gasteiger partial charge in [-0.05, 0) is 37.2 Å². The minimum absolute atomic E-state index is 0.105. The van der Waals surface area contributed by atoms with Crippen molar-refractivity contribution >= 4 is 47.1 Å². The van der Waals surface area contributed by atoms with Crippen LogP contribution >= 0.6 is 0 Å². The molecular formula is C37H54N6O9. The number of amides is 7. The third kappa shape index (κ3) is 13.1. The summed E-state index contributed by atoms with van der Waals surface area (Å²) in [5.74, 6) is -2.99. The van der Waals surface area contributed by atoms with Crippen LogP contribution in [0.4, 0.5) is 0 Å². The molecule has 0 bridgehead atoms. The number of hydrogen-bond acceptors (Lipinski definition) is 9. The van der Waals surface area contributed by atoms with E-state index in [2.05, 4.69) is 26.6 Å². The quantitative estimate of drug-likeness (QED) is 0.0616. The van der Waals surface area contributed by atoms with Gasteiger partial charge < -0.3 is 31.3 Å². The van der Waals surface area contributed by atoms with Crippen LogP contribution in [0.15, 0.2) is 30.3 Å². The number of Topliss-reactive ketones (excluding diaryl/α,β-unsaturated/α-hetero) is 1. The summed E-state index contributed by atoms with van der Waals surface area (Å²) in [7, 11) is 0. The molecule has 2 unspecified atom stereocenters. The van der Waals surface area contributed by atoms with Crippen molar-refractivity contribution in [2.45, 2.75) is 91.0 Å². The molecule has 15 heteroatoms. The van der Waals surface area contributed by atoms with Gasteiger partial charge in [0.2, 0.25) is 41.4 Å². The molecule has 1 aromatic carbocycles. The number of ether oxygens (including phenoxy) is 1. The summed E-state index contributed by atoms with van der Waals surface area (Å²) in [4.78, 5) is 101. The second-order valence-electron chi connectivity index (χ2n) is 13.8. The van der Waals surface area contributed by atoms with Gasteiger partial charge in [0.1, 0.15) is 18.6 Å². The van der Waals surface area contributed by atoms with Gasteiger partial charge in [-0.3, -0.25) is 43.3 Å². The van der Waals surface area contributed by atoms with E-state index in [1.54, 1.807) is 24.3 Å². The number of likely N-dealkylation sites (tertiary alicyclic amines) is 1. The van der Waals surface area contributed by atoms with Crippen molar-refractivity contribution in [2.24, 2.45) is 17.3 Å². The van der Waals surface area contributed by atoms with E-state index in [4.69, 9.17) is 4.74 Å². The highest BCUT2D eigenvalue weighted by molar-refractivity contribution is 6.03. The zero-order chi connectivity index (χ0) is 38.1. The standard InChI is InChI=1S/C37H54N6O9/c1-4-29(44)37(15-11-16-37)23-52-24-41-32(47)21-40-35(50)28(18-26-12-7-5-8-13-26)42-33(48)22-39-31(46)20-38-30(45)14-9-6-10-17-43-34(49)19-27(25(2)3)36(43)51/h5,7-8,12-13,25,27-28H,4,6,9-11,14-24H2,1-3H3,(H,38,45)(H,39,46)(H,40,50)(H,41,47)(H,42,48). The van der Waals surface area contributed by atoms with E-state index in [1.807, 2.05) is 26.8 Å². The molecule has 2 fully saturated rings. The number of unbranched alkanes of at least 4 members (excludes halogenated alkanes) is 2. The van der Waals surface area contributed by atoms with Gasteiger partial charge in [0, 0.05) is 38.1 Å². The fourth-order valence-corrected chi connectivity index (χ4v) is 6.22. The van der Waals surface area contributed by atoms with Crippen molar-refractivity contribution in [2.75, 3.05) is 39.5 Å². The number of rotatable bonds is 23. The SMILES string of the molecule is CCC(=O)C1(COCNC(=O)CNC(=O)C(Cc2ccccc2)NC(=O)CNC(=O)CNC(=O)CCCCCN2C(=O)CC(C(C)C)C2=O)CCC1. The molecule has 0 radical (unpaired) electrons. The minimum Gasteiger partial charge on any atom is -0.360 e. The third-order valence-corrected chi connectivity index (χ3v) is 9.59. The average molecular weight is 727 g/mol. The number of ketones is 1. The van der Waals surface area contributed by atoms with Crippen LogP contribution in [-0.4, -0.2) is 97.6 Å². The van der Waals surface area contributed by atoms with Crippen molar-refractivity contribution in [3.8, 4) is 0 Å². The molecule has 7 amide bonds. The maximum Gasteiger partial charge on any atom is 0.243 e. The van der Waals surface area contributed by atoms with E-state index in [-0.39, 0.29) is 81.0 Å². The molecule has 0 aromatic heterocycles. The minimum atomic E-state index is -1.05. The normalized spacial score (nSPS) is 16.8. The Balaban J connectivity index is 1.33. The molecule has 1 saturated carbocycles. The monoisotopic (exact) mass is 726 g/mol. The summed E-state index contributed by atoms with van der Waals surface area (Å²) >= 11 is 0. The molecule has 15 nitrogen and oxygen atoms in total. The maximum atomic E-state index is 13.0.